The number of carbonyl (C=O) groups is 2. The molecule has 1 aliphatic rings. The van der Waals surface area contributed by atoms with Crippen LogP contribution < -0.4 is 10.2 Å². The lowest BCUT2D eigenvalue weighted by molar-refractivity contribution is -0.122. The largest absolute Gasteiger partial charge is 0.326 e. The SMILES string of the molecule is Cc1cccc(NC(=O)Cc2ccc(N(Cc3ccccc3C)C(=O)C3CCCC3)cc2)c1. The Morgan fingerprint density at radius 3 is 2.33 bits per heavy atom. The van der Waals surface area contributed by atoms with E-state index in [-0.39, 0.29) is 17.7 Å². The molecule has 4 heteroatoms. The first-order valence-corrected chi connectivity index (χ1v) is 11.8. The van der Waals surface area contributed by atoms with Crippen LogP contribution in [-0.2, 0) is 22.6 Å². The lowest BCUT2D eigenvalue weighted by atomic mass is 10.0. The van der Waals surface area contributed by atoms with Gasteiger partial charge in [0.1, 0.15) is 0 Å². The van der Waals surface area contributed by atoms with E-state index in [0.29, 0.717) is 13.0 Å². The number of hydrogen-bond acceptors (Lipinski definition) is 2. The van der Waals surface area contributed by atoms with Gasteiger partial charge in [0.05, 0.1) is 13.0 Å². The summed E-state index contributed by atoms with van der Waals surface area (Å²) >= 11 is 0. The van der Waals surface area contributed by atoms with Gasteiger partial charge in [-0.25, -0.2) is 0 Å². The predicted octanol–water partition coefficient (Wildman–Crippen LogP) is 6.21. The number of nitrogens with one attached hydrogen (secondary N) is 1. The van der Waals surface area contributed by atoms with E-state index in [9.17, 15) is 9.59 Å². The standard InChI is InChI=1S/C29H32N2O2/c1-21-8-7-13-26(18-21)30-28(32)19-23-14-16-27(17-15-23)31(29(33)24-10-5-6-11-24)20-25-12-4-3-9-22(25)2/h3-4,7-9,12-18,24H,5-6,10-11,19-20H2,1-2H3,(H,30,32). The summed E-state index contributed by atoms with van der Waals surface area (Å²) < 4.78 is 0. The number of aryl methyl sites for hydroxylation is 2. The van der Waals surface area contributed by atoms with Crippen molar-refractivity contribution in [2.24, 2.45) is 5.92 Å². The molecule has 1 aliphatic carbocycles. The van der Waals surface area contributed by atoms with Crippen molar-refractivity contribution in [3.63, 3.8) is 0 Å². The topological polar surface area (TPSA) is 49.4 Å². The zero-order chi connectivity index (χ0) is 23.2. The van der Waals surface area contributed by atoms with E-state index in [4.69, 9.17) is 0 Å². The molecule has 0 atom stereocenters. The highest BCUT2D eigenvalue weighted by Gasteiger charge is 2.28. The van der Waals surface area contributed by atoms with E-state index in [1.54, 1.807) is 0 Å². The van der Waals surface area contributed by atoms with Gasteiger partial charge in [0.2, 0.25) is 11.8 Å². The molecule has 4 nitrogen and oxygen atoms in total. The second-order valence-electron chi connectivity index (χ2n) is 9.09. The van der Waals surface area contributed by atoms with Gasteiger partial charge in [-0.1, -0.05) is 61.4 Å². The van der Waals surface area contributed by atoms with Crippen LogP contribution in [0.25, 0.3) is 0 Å². The summed E-state index contributed by atoms with van der Waals surface area (Å²) in [7, 11) is 0. The monoisotopic (exact) mass is 440 g/mol. The summed E-state index contributed by atoms with van der Waals surface area (Å²) in [6.07, 6.45) is 4.50. The zero-order valence-electron chi connectivity index (χ0n) is 19.5. The molecule has 0 aromatic heterocycles. The van der Waals surface area contributed by atoms with Crippen molar-refractivity contribution in [3.8, 4) is 0 Å². The molecular weight excluding hydrogens is 408 g/mol. The van der Waals surface area contributed by atoms with Gasteiger partial charge >= 0.3 is 0 Å². The summed E-state index contributed by atoms with van der Waals surface area (Å²) in [5.74, 6) is 0.265. The molecule has 0 aliphatic heterocycles. The van der Waals surface area contributed by atoms with Crippen LogP contribution in [-0.4, -0.2) is 11.8 Å². The number of rotatable bonds is 7. The van der Waals surface area contributed by atoms with Crippen molar-refractivity contribution < 1.29 is 9.59 Å². The van der Waals surface area contributed by atoms with Crippen LogP contribution in [0.1, 0.15) is 47.9 Å². The lowest BCUT2D eigenvalue weighted by Gasteiger charge is -2.27. The summed E-state index contributed by atoms with van der Waals surface area (Å²) in [5.41, 5.74) is 6.07. The van der Waals surface area contributed by atoms with E-state index in [1.807, 2.05) is 72.5 Å². The van der Waals surface area contributed by atoms with E-state index in [0.717, 1.165) is 53.7 Å². The molecule has 3 aromatic carbocycles. The molecule has 1 N–H and O–H groups in total. The third kappa shape index (κ3) is 5.89. The van der Waals surface area contributed by atoms with Crippen LogP contribution >= 0.6 is 0 Å². The molecule has 0 spiro atoms. The fourth-order valence-corrected chi connectivity index (χ4v) is 4.55. The molecule has 0 radical (unpaired) electrons. The van der Waals surface area contributed by atoms with Gasteiger partial charge in [0.15, 0.2) is 0 Å². The Morgan fingerprint density at radius 1 is 0.909 bits per heavy atom. The number of carbonyl (C=O) groups excluding carboxylic acids is 2. The van der Waals surface area contributed by atoms with Gasteiger partial charge in [0.25, 0.3) is 0 Å². The molecule has 1 fully saturated rings. The number of nitrogens with zero attached hydrogens (tertiary/aromatic N) is 1. The number of benzene rings is 3. The summed E-state index contributed by atoms with van der Waals surface area (Å²) in [6.45, 7) is 4.66. The third-order valence-electron chi connectivity index (χ3n) is 6.47. The Morgan fingerprint density at radius 2 is 1.64 bits per heavy atom. The molecule has 0 saturated heterocycles. The molecule has 1 saturated carbocycles. The second kappa shape index (κ2) is 10.5. The van der Waals surface area contributed by atoms with E-state index >= 15 is 0 Å². The smallest absolute Gasteiger partial charge is 0.230 e. The zero-order valence-corrected chi connectivity index (χ0v) is 19.5. The number of anilines is 2. The average molecular weight is 441 g/mol. The Balaban J connectivity index is 1.49. The molecule has 170 valence electrons. The van der Waals surface area contributed by atoms with Gasteiger partial charge in [0, 0.05) is 17.3 Å². The highest BCUT2D eigenvalue weighted by atomic mass is 16.2. The van der Waals surface area contributed by atoms with Gasteiger partial charge < -0.3 is 10.2 Å². The van der Waals surface area contributed by atoms with E-state index in [1.165, 1.54) is 5.56 Å². The first-order chi connectivity index (χ1) is 16.0. The highest BCUT2D eigenvalue weighted by molar-refractivity contribution is 5.95. The van der Waals surface area contributed by atoms with Crippen LogP contribution in [0.15, 0.2) is 72.8 Å². The van der Waals surface area contributed by atoms with E-state index in [2.05, 4.69) is 24.4 Å². The molecule has 33 heavy (non-hydrogen) atoms. The van der Waals surface area contributed by atoms with Crippen LogP contribution in [0.3, 0.4) is 0 Å². The fraction of sp³-hybridized carbons (Fsp3) is 0.310. The Labute approximate surface area is 196 Å². The minimum Gasteiger partial charge on any atom is -0.326 e. The molecular formula is C29H32N2O2. The van der Waals surface area contributed by atoms with Crippen LogP contribution in [0, 0.1) is 19.8 Å². The first kappa shape index (κ1) is 22.8. The van der Waals surface area contributed by atoms with Crippen LogP contribution in [0.2, 0.25) is 0 Å². The van der Waals surface area contributed by atoms with Crippen molar-refractivity contribution in [1.29, 1.82) is 0 Å². The maximum atomic E-state index is 13.4. The molecule has 3 aromatic rings. The third-order valence-corrected chi connectivity index (χ3v) is 6.47. The molecule has 0 heterocycles. The van der Waals surface area contributed by atoms with Crippen molar-refractivity contribution in [2.45, 2.75) is 52.5 Å². The summed E-state index contributed by atoms with van der Waals surface area (Å²) in [6, 6.07) is 23.9. The minimum absolute atomic E-state index is 0.0489. The van der Waals surface area contributed by atoms with Crippen molar-refractivity contribution in [1.82, 2.24) is 0 Å². The molecule has 0 bridgehead atoms. The Kier molecular flexibility index (Phi) is 7.23. The second-order valence-corrected chi connectivity index (χ2v) is 9.09. The fourth-order valence-electron chi connectivity index (χ4n) is 4.55. The quantitative estimate of drug-likeness (QED) is 0.475. The van der Waals surface area contributed by atoms with Gasteiger partial charge in [-0.2, -0.15) is 0 Å². The minimum atomic E-state index is -0.0489. The number of hydrogen-bond donors (Lipinski definition) is 1. The number of amides is 2. The van der Waals surface area contributed by atoms with Crippen molar-refractivity contribution in [2.75, 3.05) is 10.2 Å². The summed E-state index contributed by atoms with van der Waals surface area (Å²) in [5, 5.41) is 2.96. The first-order valence-electron chi connectivity index (χ1n) is 11.8. The van der Waals surface area contributed by atoms with Gasteiger partial charge in [-0.3, -0.25) is 9.59 Å². The highest BCUT2D eigenvalue weighted by Crippen LogP contribution is 2.30. The predicted molar refractivity (Wildman–Crippen MR) is 134 cm³/mol. The Bertz CT molecular complexity index is 1110. The normalized spacial score (nSPS) is 13.6. The van der Waals surface area contributed by atoms with Crippen molar-refractivity contribution in [3.05, 3.63) is 95.1 Å². The van der Waals surface area contributed by atoms with Crippen molar-refractivity contribution >= 4 is 23.2 Å². The van der Waals surface area contributed by atoms with Gasteiger partial charge in [-0.05, 0) is 73.2 Å². The molecule has 4 rings (SSSR count). The summed E-state index contributed by atoms with van der Waals surface area (Å²) in [4.78, 5) is 27.8. The van der Waals surface area contributed by atoms with Gasteiger partial charge in [-0.15, -0.1) is 0 Å². The maximum absolute atomic E-state index is 13.4. The van der Waals surface area contributed by atoms with E-state index < -0.39 is 0 Å². The molecule has 2 amide bonds. The van der Waals surface area contributed by atoms with Crippen LogP contribution in [0.4, 0.5) is 11.4 Å². The maximum Gasteiger partial charge on any atom is 0.230 e. The average Bonchev–Trinajstić information content (AvgIpc) is 3.34. The molecule has 0 unspecified atom stereocenters. The lowest BCUT2D eigenvalue weighted by Crippen LogP contribution is -2.35. The van der Waals surface area contributed by atoms with Crippen LogP contribution in [0.5, 0.6) is 0 Å². The Hall–Kier alpha value is -3.40.